The van der Waals surface area contributed by atoms with E-state index in [2.05, 4.69) is 15.0 Å². The number of hydrogen-bond donors (Lipinski definition) is 2. The largest absolute Gasteiger partial charge is 0.479 e. The predicted octanol–water partition coefficient (Wildman–Crippen LogP) is 1.31. The van der Waals surface area contributed by atoms with Crippen LogP contribution >= 0.6 is 11.3 Å². The molecular formula is C13H14N4O3S. The maximum absolute atomic E-state index is 12.7. The van der Waals surface area contributed by atoms with Crippen LogP contribution in [0.25, 0.3) is 0 Å². The molecule has 7 nitrogen and oxygen atoms in total. The number of carbonyl (C=O) groups is 2. The Balaban J connectivity index is 2.00. The van der Waals surface area contributed by atoms with E-state index < -0.39 is 12.0 Å². The molecule has 2 N–H and O–H groups in total. The zero-order valence-corrected chi connectivity index (χ0v) is 12.4. The summed E-state index contributed by atoms with van der Waals surface area (Å²) < 4.78 is 0. The van der Waals surface area contributed by atoms with Gasteiger partial charge in [0.2, 0.25) is 0 Å². The number of thiazole rings is 1. The Morgan fingerprint density at radius 3 is 2.86 bits per heavy atom. The van der Waals surface area contributed by atoms with Gasteiger partial charge in [-0.25, -0.2) is 14.8 Å². The van der Waals surface area contributed by atoms with E-state index in [1.165, 1.54) is 22.6 Å². The highest BCUT2D eigenvalue weighted by Crippen LogP contribution is 2.30. The number of aromatic amines is 1. The average Bonchev–Trinajstić information content (AvgIpc) is 3.02. The van der Waals surface area contributed by atoms with Gasteiger partial charge < -0.3 is 15.0 Å². The van der Waals surface area contributed by atoms with Gasteiger partial charge in [-0.15, -0.1) is 11.3 Å². The summed E-state index contributed by atoms with van der Waals surface area (Å²) in [6.45, 7) is 3.93. The molecule has 1 aliphatic rings. The van der Waals surface area contributed by atoms with Gasteiger partial charge in [0.1, 0.15) is 4.88 Å². The lowest BCUT2D eigenvalue weighted by Gasteiger charge is -2.31. The van der Waals surface area contributed by atoms with E-state index in [9.17, 15) is 14.7 Å². The minimum Gasteiger partial charge on any atom is -0.479 e. The predicted molar refractivity (Wildman–Crippen MR) is 75.3 cm³/mol. The van der Waals surface area contributed by atoms with E-state index in [0.717, 1.165) is 10.7 Å². The number of nitrogens with one attached hydrogen (secondary N) is 1. The summed E-state index contributed by atoms with van der Waals surface area (Å²) in [5.74, 6) is -1.37. The lowest BCUT2D eigenvalue weighted by Crippen LogP contribution is -2.43. The third-order valence-corrected chi connectivity index (χ3v) is 4.58. The summed E-state index contributed by atoms with van der Waals surface area (Å²) in [4.78, 5) is 37.4. The molecule has 3 rings (SSSR count). The third-order valence-electron chi connectivity index (χ3n) is 3.52. The second kappa shape index (κ2) is 4.96. The molecular weight excluding hydrogens is 292 g/mol. The molecule has 0 saturated heterocycles. The molecule has 0 aromatic carbocycles. The lowest BCUT2D eigenvalue weighted by molar-refractivity contribution is -0.143. The standard InChI is InChI=1S/C13H14N4O3S/c1-6-11(21-7(2)16-6)12(18)17-4-3-8-9(15-5-14-8)10(17)13(19)20/h5,10H,3-4H2,1-2H3,(H,14,15)(H,19,20). The van der Waals surface area contributed by atoms with Crippen molar-refractivity contribution in [1.29, 1.82) is 0 Å². The summed E-state index contributed by atoms with van der Waals surface area (Å²) in [7, 11) is 0. The number of carboxylic acid groups (broad SMARTS) is 1. The van der Waals surface area contributed by atoms with Crippen molar-refractivity contribution in [3.8, 4) is 0 Å². The molecule has 3 heterocycles. The average molecular weight is 306 g/mol. The second-order valence-electron chi connectivity index (χ2n) is 4.90. The van der Waals surface area contributed by atoms with Gasteiger partial charge in [0.05, 0.1) is 22.7 Å². The van der Waals surface area contributed by atoms with Crippen molar-refractivity contribution in [2.45, 2.75) is 26.3 Å². The molecule has 0 fully saturated rings. The number of carbonyl (C=O) groups excluding carboxylic acids is 1. The Labute approximate surface area is 124 Å². The van der Waals surface area contributed by atoms with Gasteiger partial charge in [0.25, 0.3) is 5.91 Å². The van der Waals surface area contributed by atoms with Gasteiger partial charge in [-0.1, -0.05) is 0 Å². The molecule has 0 spiro atoms. The van der Waals surface area contributed by atoms with Crippen LogP contribution in [0.4, 0.5) is 0 Å². The maximum atomic E-state index is 12.7. The fourth-order valence-corrected chi connectivity index (χ4v) is 3.48. The number of aryl methyl sites for hydroxylation is 2. The van der Waals surface area contributed by atoms with E-state index in [0.29, 0.717) is 29.2 Å². The van der Waals surface area contributed by atoms with Gasteiger partial charge in [-0.05, 0) is 13.8 Å². The van der Waals surface area contributed by atoms with Crippen molar-refractivity contribution < 1.29 is 14.7 Å². The first-order valence-electron chi connectivity index (χ1n) is 6.49. The second-order valence-corrected chi connectivity index (χ2v) is 6.11. The van der Waals surface area contributed by atoms with Gasteiger partial charge >= 0.3 is 5.97 Å². The van der Waals surface area contributed by atoms with Crippen LogP contribution in [0.15, 0.2) is 6.33 Å². The minimum absolute atomic E-state index is 0.292. The SMILES string of the molecule is Cc1nc(C)c(C(=O)N2CCc3[nH]cnc3C2C(=O)O)s1. The summed E-state index contributed by atoms with van der Waals surface area (Å²) in [5, 5.41) is 10.3. The third kappa shape index (κ3) is 2.21. The highest BCUT2D eigenvalue weighted by Gasteiger charge is 2.39. The fraction of sp³-hybridized carbons (Fsp3) is 0.385. The van der Waals surface area contributed by atoms with Crippen LogP contribution in [-0.4, -0.2) is 43.4 Å². The van der Waals surface area contributed by atoms with Crippen molar-refractivity contribution in [3.63, 3.8) is 0 Å². The number of H-pyrrole nitrogens is 1. The maximum Gasteiger partial charge on any atom is 0.332 e. The number of amides is 1. The molecule has 21 heavy (non-hydrogen) atoms. The Kier molecular flexibility index (Phi) is 3.25. The monoisotopic (exact) mass is 306 g/mol. The number of nitrogens with zero attached hydrogens (tertiary/aromatic N) is 3. The van der Waals surface area contributed by atoms with E-state index in [4.69, 9.17) is 0 Å². The van der Waals surface area contributed by atoms with E-state index >= 15 is 0 Å². The normalized spacial score (nSPS) is 17.6. The molecule has 2 aromatic heterocycles. The molecule has 2 aromatic rings. The molecule has 0 aliphatic carbocycles. The van der Waals surface area contributed by atoms with Gasteiger partial charge in [-0.2, -0.15) is 0 Å². The first kappa shape index (κ1) is 13.7. The molecule has 110 valence electrons. The molecule has 0 saturated carbocycles. The number of imidazole rings is 1. The van der Waals surface area contributed by atoms with Crippen molar-refractivity contribution in [2.75, 3.05) is 6.54 Å². The van der Waals surface area contributed by atoms with Crippen LogP contribution in [0, 0.1) is 13.8 Å². The molecule has 1 amide bonds. The minimum atomic E-state index is -1.07. The zero-order chi connectivity index (χ0) is 15.1. The Bertz CT molecular complexity index is 721. The molecule has 1 atom stereocenters. The van der Waals surface area contributed by atoms with Crippen LogP contribution < -0.4 is 0 Å². The van der Waals surface area contributed by atoms with E-state index in [-0.39, 0.29) is 5.91 Å². The van der Waals surface area contributed by atoms with Gasteiger partial charge in [0, 0.05) is 18.7 Å². The number of aliphatic carboxylic acids is 1. The lowest BCUT2D eigenvalue weighted by atomic mass is 10.0. The first-order valence-corrected chi connectivity index (χ1v) is 7.30. The van der Waals surface area contributed by atoms with Crippen molar-refractivity contribution >= 4 is 23.2 Å². The van der Waals surface area contributed by atoms with Gasteiger partial charge in [0.15, 0.2) is 6.04 Å². The number of fused-ring (bicyclic) bond motifs is 1. The fourth-order valence-electron chi connectivity index (χ4n) is 2.61. The molecule has 1 unspecified atom stereocenters. The molecule has 0 bridgehead atoms. The summed E-state index contributed by atoms with van der Waals surface area (Å²) in [5.41, 5.74) is 1.84. The van der Waals surface area contributed by atoms with E-state index in [1.54, 1.807) is 6.92 Å². The molecule has 0 radical (unpaired) electrons. The summed E-state index contributed by atoms with van der Waals surface area (Å²) in [6.07, 6.45) is 2.04. The van der Waals surface area contributed by atoms with Crippen LogP contribution in [0.1, 0.15) is 37.8 Å². The highest BCUT2D eigenvalue weighted by molar-refractivity contribution is 7.13. The Morgan fingerprint density at radius 2 is 2.24 bits per heavy atom. The number of aromatic nitrogens is 3. The summed E-state index contributed by atoms with van der Waals surface area (Å²) >= 11 is 1.29. The van der Waals surface area contributed by atoms with E-state index in [1.807, 2.05) is 6.92 Å². The van der Waals surface area contributed by atoms with Crippen LogP contribution in [0.3, 0.4) is 0 Å². The number of hydrogen-bond acceptors (Lipinski definition) is 5. The van der Waals surface area contributed by atoms with Gasteiger partial charge in [-0.3, -0.25) is 4.79 Å². The van der Waals surface area contributed by atoms with Crippen LogP contribution in [0.5, 0.6) is 0 Å². The van der Waals surface area contributed by atoms with Crippen LogP contribution in [0.2, 0.25) is 0 Å². The molecule has 1 aliphatic heterocycles. The van der Waals surface area contributed by atoms with Crippen molar-refractivity contribution in [3.05, 3.63) is 33.3 Å². The van der Waals surface area contributed by atoms with Crippen LogP contribution in [-0.2, 0) is 11.2 Å². The zero-order valence-electron chi connectivity index (χ0n) is 11.6. The smallest absolute Gasteiger partial charge is 0.332 e. The summed E-state index contributed by atoms with van der Waals surface area (Å²) in [6, 6.07) is -1.05. The first-order chi connectivity index (χ1) is 9.99. The Morgan fingerprint density at radius 1 is 1.48 bits per heavy atom. The molecule has 8 heteroatoms. The quantitative estimate of drug-likeness (QED) is 0.871. The van der Waals surface area contributed by atoms with Crippen molar-refractivity contribution in [2.24, 2.45) is 0 Å². The number of carboxylic acids is 1. The Hall–Kier alpha value is -2.22. The number of rotatable bonds is 2. The highest BCUT2D eigenvalue weighted by atomic mass is 32.1. The topological polar surface area (TPSA) is 99.2 Å². The van der Waals surface area contributed by atoms with Crippen molar-refractivity contribution in [1.82, 2.24) is 19.9 Å².